The average molecular weight is 464 g/mol. The van der Waals surface area contributed by atoms with E-state index in [0.717, 1.165) is 38.2 Å². The second-order valence-electron chi connectivity index (χ2n) is 8.23. The number of carbonyl (C=O) groups is 2. The minimum absolute atomic E-state index is 0.173. The molecule has 34 heavy (non-hydrogen) atoms. The monoisotopic (exact) mass is 463 g/mol. The molecule has 9 heteroatoms. The van der Waals surface area contributed by atoms with Gasteiger partial charge in [-0.25, -0.2) is 4.98 Å². The molecule has 1 aromatic carbocycles. The molecular weight excluding hydrogens is 434 g/mol. The van der Waals surface area contributed by atoms with Gasteiger partial charge < -0.3 is 19.7 Å². The number of carbonyl (C=O) groups excluding carboxylic acids is 2. The number of hydrogen-bond donors (Lipinski definition) is 2. The van der Waals surface area contributed by atoms with Crippen LogP contribution in [0.1, 0.15) is 41.2 Å². The van der Waals surface area contributed by atoms with Gasteiger partial charge in [-0.2, -0.15) is 5.10 Å². The van der Waals surface area contributed by atoms with Gasteiger partial charge in [-0.15, -0.1) is 0 Å². The van der Waals surface area contributed by atoms with E-state index in [1.54, 1.807) is 31.5 Å². The van der Waals surface area contributed by atoms with Crippen molar-refractivity contribution >= 4 is 17.6 Å². The molecule has 1 fully saturated rings. The van der Waals surface area contributed by atoms with E-state index in [0.29, 0.717) is 35.2 Å². The maximum absolute atomic E-state index is 12.9. The van der Waals surface area contributed by atoms with Crippen molar-refractivity contribution in [3.05, 3.63) is 59.9 Å². The Bertz CT molecular complexity index is 1120. The van der Waals surface area contributed by atoms with Gasteiger partial charge in [0.15, 0.2) is 0 Å². The molecule has 178 valence electrons. The van der Waals surface area contributed by atoms with Gasteiger partial charge in [0.1, 0.15) is 11.4 Å². The first kappa shape index (κ1) is 23.4. The van der Waals surface area contributed by atoms with Gasteiger partial charge in [0.2, 0.25) is 0 Å². The molecule has 0 bridgehead atoms. The smallest absolute Gasteiger partial charge is 0.306 e. The summed E-state index contributed by atoms with van der Waals surface area (Å²) in [6, 6.07) is 13.0. The fraction of sp³-hybridized carbons (Fsp3) is 0.360. The maximum Gasteiger partial charge on any atom is 0.306 e. The lowest BCUT2D eigenvalue weighted by molar-refractivity contribution is -0.141. The molecule has 2 N–H and O–H groups in total. The van der Waals surface area contributed by atoms with Gasteiger partial charge in [-0.3, -0.25) is 14.7 Å². The predicted molar refractivity (Wildman–Crippen MR) is 128 cm³/mol. The van der Waals surface area contributed by atoms with Crippen LogP contribution in [0.15, 0.2) is 48.7 Å². The summed E-state index contributed by atoms with van der Waals surface area (Å²) >= 11 is 0. The van der Waals surface area contributed by atoms with E-state index < -0.39 is 0 Å². The molecule has 1 aliphatic heterocycles. The van der Waals surface area contributed by atoms with Crippen molar-refractivity contribution in [1.82, 2.24) is 20.1 Å². The molecule has 3 aromatic rings. The minimum Gasteiger partial charge on any atom is -0.495 e. The number of nitrogens with one attached hydrogen (secondary N) is 2. The number of piperidine rings is 1. The highest BCUT2D eigenvalue weighted by atomic mass is 16.5. The Kier molecular flexibility index (Phi) is 7.54. The number of aromatic amines is 1. The molecule has 1 aliphatic rings. The predicted octanol–water partition coefficient (Wildman–Crippen LogP) is 3.48. The first-order chi connectivity index (χ1) is 16.6. The zero-order chi connectivity index (χ0) is 23.9. The number of methoxy groups -OCH3 is 2. The standard InChI is InChI=1S/C25H29N5O4/c1-33-23-16-18(17-9-13-30(14-10-17)15-11-24(31)34-2)6-7-21(23)28-25(32)22-5-3-4-19(27-22)20-8-12-26-29-20/h3-8,12,16-17H,9-11,13-15H2,1-2H3,(H,26,29)(H,28,32). The van der Waals surface area contributed by atoms with Crippen LogP contribution in [-0.4, -0.2) is 65.8 Å². The Morgan fingerprint density at radius 1 is 1.15 bits per heavy atom. The number of nitrogens with zero attached hydrogens (tertiary/aromatic N) is 3. The first-order valence-electron chi connectivity index (χ1n) is 11.3. The number of ether oxygens (including phenoxy) is 2. The Balaban J connectivity index is 1.40. The van der Waals surface area contributed by atoms with Crippen LogP contribution in [0.5, 0.6) is 5.75 Å². The van der Waals surface area contributed by atoms with Crippen molar-refractivity contribution in [1.29, 1.82) is 0 Å². The van der Waals surface area contributed by atoms with E-state index >= 15 is 0 Å². The SMILES string of the molecule is COC(=O)CCN1CCC(c2ccc(NC(=O)c3cccc(-c4ccn[nH]4)n3)c(OC)c2)CC1. The molecule has 1 amide bonds. The van der Waals surface area contributed by atoms with Crippen LogP contribution >= 0.6 is 0 Å². The van der Waals surface area contributed by atoms with E-state index in [1.165, 1.54) is 12.7 Å². The lowest BCUT2D eigenvalue weighted by Gasteiger charge is -2.32. The van der Waals surface area contributed by atoms with Crippen LogP contribution in [0.3, 0.4) is 0 Å². The van der Waals surface area contributed by atoms with Gasteiger partial charge in [0, 0.05) is 12.7 Å². The minimum atomic E-state index is -0.314. The highest BCUT2D eigenvalue weighted by molar-refractivity contribution is 6.04. The van der Waals surface area contributed by atoms with E-state index in [9.17, 15) is 9.59 Å². The van der Waals surface area contributed by atoms with E-state index in [4.69, 9.17) is 9.47 Å². The van der Waals surface area contributed by atoms with Gasteiger partial charge in [-0.1, -0.05) is 12.1 Å². The van der Waals surface area contributed by atoms with Gasteiger partial charge in [0.25, 0.3) is 5.91 Å². The van der Waals surface area contributed by atoms with Crippen molar-refractivity contribution in [2.75, 3.05) is 39.2 Å². The number of aromatic nitrogens is 3. The number of benzene rings is 1. The first-order valence-corrected chi connectivity index (χ1v) is 11.3. The third-order valence-electron chi connectivity index (χ3n) is 6.15. The number of likely N-dealkylation sites (tertiary alicyclic amines) is 1. The average Bonchev–Trinajstić information content (AvgIpc) is 3.43. The summed E-state index contributed by atoms with van der Waals surface area (Å²) in [6.45, 7) is 2.59. The molecular formula is C25H29N5O4. The molecule has 0 atom stereocenters. The Hall–Kier alpha value is -3.72. The molecule has 0 aliphatic carbocycles. The molecule has 4 rings (SSSR count). The molecule has 3 heterocycles. The van der Waals surface area contributed by atoms with Gasteiger partial charge >= 0.3 is 5.97 Å². The summed E-state index contributed by atoms with van der Waals surface area (Å²) < 4.78 is 10.3. The second-order valence-corrected chi connectivity index (χ2v) is 8.23. The zero-order valence-corrected chi connectivity index (χ0v) is 19.4. The molecule has 0 radical (unpaired) electrons. The molecule has 9 nitrogen and oxygen atoms in total. The number of anilines is 1. The number of rotatable bonds is 8. The van der Waals surface area contributed by atoms with E-state index in [1.807, 2.05) is 24.3 Å². The lowest BCUT2D eigenvalue weighted by Crippen LogP contribution is -2.34. The number of hydrogen-bond acceptors (Lipinski definition) is 7. The Labute approximate surface area is 198 Å². The third-order valence-corrected chi connectivity index (χ3v) is 6.15. The normalized spacial score (nSPS) is 14.5. The van der Waals surface area contributed by atoms with Gasteiger partial charge in [0.05, 0.1) is 37.7 Å². The topological polar surface area (TPSA) is 109 Å². The van der Waals surface area contributed by atoms with Crippen LogP contribution in [0.25, 0.3) is 11.4 Å². The molecule has 0 unspecified atom stereocenters. The van der Waals surface area contributed by atoms with Crippen LogP contribution in [0.2, 0.25) is 0 Å². The van der Waals surface area contributed by atoms with Crippen LogP contribution in [0, 0.1) is 0 Å². The summed E-state index contributed by atoms with van der Waals surface area (Å²) in [5.74, 6) is 0.531. The summed E-state index contributed by atoms with van der Waals surface area (Å²) in [5.41, 5.74) is 3.47. The molecule has 1 saturated heterocycles. The molecule has 0 spiro atoms. The highest BCUT2D eigenvalue weighted by Crippen LogP contribution is 2.34. The van der Waals surface area contributed by atoms with Crippen molar-refractivity contribution in [3.63, 3.8) is 0 Å². The quantitative estimate of drug-likeness (QED) is 0.492. The van der Waals surface area contributed by atoms with E-state index in [2.05, 4.69) is 25.4 Å². The van der Waals surface area contributed by atoms with Crippen LogP contribution in [0.4, 0.5) is 5.69 Å². The number of pyridine rings is 1. The van der Waals surface area contributed by atoms with Crippen molar-refractivity contribution in [2.45, 2.75) is 25.2 Å². The van der Waals surface area contributed by atoms with E-state index in [-0.39, 0.29) is 11.9 Å². The fourth-order valence-electron chi connectivity index (χ4n) is 4.20. The number of esters is 1. The highest BCUT2D eigenvalue weighted by Gasteiger charge is 2.22. The molecule has 0 saturated carbocycles. The van der Waals surface area contributed by atoms with Gasteiger partial charge in [-0.05, 0) is 67.7 Å². The molecule has 2 aromatic heterocycles. The Morgan fingerprint density at radius 2 is 1.97 bits per heavy atom. The summed E-state index contributed by atoms with van der Waals surface area (Å²) in [7, 11) is 3.02. The summed E-state index contributed by atoms with van der Waals surface area (Å²) in [4.78, 5) is 31.0. The maximum atomic E-state index is 12.9. The third kappa shape index (κ3) is 5.60. The summed E-state index contributed by atoms with van der Waals surface area (Å²) in [6.07, 6.45) is 4.06. The number of H-pyrrole nitrogens is 1. The van der Waals surface area contributed by atoms with Crippen molar-refractivity contribution in [3.8, 4) is 17.1 Å². The van der Waals surface area contributed by atoms with Crippen molar-refractivity contribution in [2.24, 2.45) is 0 Å². The fourth-order valence-corrected chi connectivity index (χ4v) is 4.20. The van der Waals surface area contributed by atoms with Crippen molar-refractivity contribution < 1.29 is 19.1 Å². The second kappa shape index (κ2) is 10.9. The van der Waals surface area contributed by atoms with Crippen LogP contribution < -0.4 is 10.1 Å². The Morgan fingerprint density at radius 3 is 2.68 bits per heavy atom. The lowest BCUT2D eigenvalue weighted by atomic mass is 9.89. The number of amides is 1. The van der Waals surface area contributed by atoms with Crippen LogP contribution in [-0.2, 0) is 9.53 Å². The zero-order valence-electron chi connectivity index (χ0n) is 19.4. The largest absolute Gasteiger partial charge is 0.495 e. The summed E-state index contributed by atoms with van der Waals surface area (Å²) in [5, 5.41) is 9.70.